The Bertz CT molecular complexity index is 1020. The molecule has 0 aromatic heterocycles. The van der Waals surface area contributed by atoms with E-state index in [0.717, 1.165) is 12.1 Å². The van der Waals surface area contributed by atoms with Crippen LogP contribution in [0.3, 0.4) is 0 Å². The average Bonchev–Trinajstić information content (AvgIpc) is 2.86. The second-order valence-electron chi connectivity index (χ2n) is 5.88. The number of aliphatic hydroxyl groups is 1. The Kier molecular flexibility index (Phi) is 4.96. The summed E-state index contributed by atoms with van der Waals surface area (Å²) in [6.45, 7) is 0. The standard InChI is InChI=1S/C18H9F5N2O2S/c19-17(20)6-11-13(27-12-2-1-9(7-24)5-10(12)8-25)3-4-14(15(11)16(17)26)28-18(21,22)23/h1-5,16,26H,6H2. The van der Waals surface area contributed by atoms with Crippen LogP contribution in [0.4, 0.5) is 22.0 Å². The molecule has 1 aliphatic rings. The number of thioether (sulfide) groups is 1. The summed E-state index contributed by atoms with van der Waals surface area (Å²) < 4.78 is 71.8. The summed E-state index contributed by atoms with van der Waals surface area (Å²) >= 11 is -0.599. The van der Waals surface area contributed by atoms with Crippen LogP contribution in [0, 0.1) is 22.7 Å². The molecular weight excluding hydrogens is 403 g/mol. The fourth-order valence-electron chi connectivity index (χ4n) is 2.85. The number of fused-ring (bicyclic) bond motifs is 1. The Hall–Kier alpha value is -2.82. The molecule has 0 heterocycles. The number of ether oxygens (including phenoxy) is 1. The number of nitriles is 2. The number of alkyl halides is 5. The quantitative estimate of drug-likeness (QED) is 0.563. The lowest BCUT2D eigenvalue weighted by molar-refractivity contribution is -0.0977. The van der Waals surface area contributed by atoms with E-state index in [1.807, 2.05) is 6.07 Å². The van der Waals surface area contributed by atoms with Gasteiger partial charge in [-0.15, -0.1) is 0 Å². The van der Waals surface area contributed by atoms with Crippen molar-refractivity contribution >= 4 is 11.8 Å². The predicted octanol–water partition coefficient (Wildman–Crippen LogP) is 5.06. The van der Waals surface area contributed by atoms with Crippen LogP contribution in [0.1, 0.15) is 28.4 Å². The summed E-state index contributed by atoms with van der Waals surface area (Å²) in [7, 11) is 0. The van der Waals surface area contributed by atoms with Gasteiger partial charge in [-0.1, -0.05) is 0 Å². The molecule has 144 valence electrons. The minimum atomic E-state index is -4.73. The highest BCUT2D eigenvalue weighted by Gasteiger charge is 2.50. The van der Waals surface area contributed by atoms with E-state index in [0.29, 0.717) is 0 Å². The van der Waals surface area contributed by atoms with Gasteiger partial charge in [0.15, 0.2) is 0 Å². The van der Waals surface area contributed by atoms with Gasteiger partial charge in [0.05, 0.1) is 17.2 Å². The fourth-order valence-corrected chi connectivity index (χ4v) is 3.58. The zero-order valence-electron chi connectivity index (χ0n) is 13.7. The van der Waals surface area contributed by atoms with Crippen LogP contribution >= 0.6 is 11.8 Å². The van der Waals surface area contributed by atoms with E-state index in [4.69, 9.17) is 10.00 Å². The molecule has 1 unspecified atom stereocenters. The Labute approximate surface area is 159 Å². The normalized spacial score (nSPS) is 17.5. The topological polar surface area (TPSA) is 77.0 Å². The van der Waals surface area contributed by atoms with Gasteiger partial charge in [-0.05, 0) is 42.1 Å². The van der Waals surface area contributed by atoms with Crippen molar-refractivity contribution in [3.05, 3.63) is 52.6 Å². The first kappa shape index (κ1) is 19.9. The van der Waals surface area contributed by atoms with E-state index in [1.54, 1.807) is 6.07 Å². The van der Waals surface area contributed by atoms with E-state index >= 15 is 0 Å². The molecule has 0 bridgehead atoms. The van der Waals surface area contributed by atoms with E-state index < -0.39 is 46.2 Å². The molecule has 28 heavy (non-hydrogen) atoms. The molecule has 0 spiro atoms. The SMILES string of the molecule is N#Cc1ccc(Oc2ccc(SC(F)(F)F)c3c2CC(F)(F)C3O)c(C#N)c1. The summed E-state index contributed by atoms with van der Waals surface area (Å²) in [6, 6.07) is 9.51. The maximum Gasteiger partial charge on any atom is 0.446 e. The van der Waals surface area contributed by atoms with Crippen LogP contribution in [-0.2, 0) is 6.42 Å². The van der Waals surface area contributed by atoms with Crippen LogP contribution in [0.25, 0.3) is 0 Å². The first-order valence-corrected chi connectivity index (χ1v) is 8.47. The largest absolute Gasteiger partial charge is 0.456 e. The van der Waals surface area contributed by atoms with E-state index in [2.05, 4.69) is 0 Å². The first-order chi connectivity index (χ1) is 13.1. The Morgan fingerprint density at radius 2 is 1.79 bits per heavy atom. The molecule has 0 saturated carbocycles. The van der Waals surface area contributed by atoms with Crippen molar-refractivity contribution in [2.24, 2.45) is 0 Å². The molecule has 3 rings (SSSR count). The van der Waals surface area contributed by atoms with Gasteiger partial charge < -0.3 is 9.84 Å². The number of benzene rings is 2. The Balaban J connectivity index is 2.08. The number of hydrogen-bond acceptors (Lipinski definition) is 5. The lowest BCUT2D eigenvalue weighted by Gasteiger charge is -2.17. The number of nitrogens with zero attached hydrogens (tertiary/aromatic N) is 2. The maximum atomic E-state index is 14.0. The Morgan fingerprint density at radius 3 is 2.39 bits per heavy atom. The zero-order valence-corrected chi connectivity index (χ0v) is 14.5. The summed E-state index contributed by atoms with van der Waals surface area (Å²) in [5, 5.41) is 27.9. The lowest BCUT2D eigenvalue weighted by atomic mass is 10.1. The molecule has 0 saturated heterocycles. The van der Waals surface area contributed by atoms with E-state index in [1.165, 1.54) is 18.2 Å². The van der Waals surface area contributed by atoms with Crippen LogP contribution in [0.2, 0.25) is 0 Å². The van der Waals surface area contributed by atoms with Gasteiger partial charge in [-0.3, -0.25) is 0 Å². The molecular formula is C18H9F5N2O2S. The second-order valence-corrected chi connectivity index (χ2v) is 6.99. The molecule has 4 nitrogen and oxygen atoms in total. The van der Waals surface area contributed by atoms with Crippen molar-refractivity contribution < 1.29 is 31.8 Å². The molecule has 2 aromatic rings. The Morgan fingerprint density at radius 1 is 1.11 bits per heavy atom. The fraction of sp³-hybridized carbons (Fsp3) is 0.222. The zero-order chi connectivity index (χ0) is 20.7. The van der Waals surface area contributed by atoms with Gasteiger partial charge in [0.2, 0.25) is 0 Å². The lowest BCUT2D eigenvalue weighted by Crippen LogP contribution is -2.21. The van der Waals surface area contributed by atoms with Gasteiger partial charge in [-0.25, -0.2) is 8.78 Å². The highest BCUT2D eigenvalue weighted by molar-refractivity contribution is 8.00. The molecule has 0 fully saturated rings. The first-order valence-electron chi connectivity index (χ1n) is 7.65. The smallest absolute Gasteiger partial charge is 0.446 e. The third kappa shape index (κ3) is 3.75. The number of halogens is 5. The van der Waals surface area contributed by atoms with Crippen molar-refractivity contribution in [2.75, 3.05) is 0 Å². The van der Waals surface area contributed by atoms with Gasteiger partial charge in [0, 0.05) is 22.4 Å². The molecule has 1 aliphatic carbocycles. The van der Waals surface area contributed by atoms with Crippen molar-refractivity contribution in [2.45, 2.75) is 28.9 Å². The van der Waals surface area contributed by atoms with Gasteiger partial charge in [0.1, 0.15) is 23.7 Å². The maximum absolute atomic E-state index is 14.0. The molecule has 0 amide bonds. The molecule has 1 atom stereocenters. The van der Waals surface area contributed by atoms with Crippen LogP contribution in [0.5, 0.6) is 11.5 Å². The summed E-state index contributed by atoms with van der Waals surface area (Å²) in [6.07, 6.45) is -3.42. The average molecular weight is 412 g/mol. The van der Waals surface area contributed by atoms with Crippen LogP contribution < -0.4 is 4.74 Å². The highest BCUT2D eigenvalue weighted by Crippen LogP contribution is 2.52. The summed E-state index contributed by atoms with van der Waals surface area (Å²) in [5.74, 6) is -3.91. The minimum absolute atomic E-state index is 0.0492. The minimum Gasteiger partial charge on any atom is -0.456 e. The second kappa shape index (κ2) is 6.97. The molecule has 10 heteroatoms. The van der Waals surface area contributed by atoms with Gasteiger partial charge in [0.25, 0.3) is 5.92 Å². The van der Waals surface area contributed by atoms with Gasteiger partial charge in [-0.2, -0.15) is 23.7 Å². The van der Waals surface area contributed by atoms with E-state index in [-0.39, 0.29) is 28.2 Å². The predicted molar refractivity (Wildman–Crippen MR) is 87.9 cm³/mol. The third-order valence-electron chi connectivity index (χ3n) is 4.03. The van der Waals surface area contributed by atoms with Crippen molar-refractivity contribution in [3.8, 4) is 23.6 Å². The monoisotopic (exact) mass is 412 g/mol. The number of rotatable bonds is 3. The third-order valence-corrected chi connectivity index (χ3v) is 4.84. The molecule has 2 aromatic carbocycles. The number of aliphatic hydroxyl groups excluding tert-OH is 1. The number of hydrogen-bond donors (Lipinski definition) is 1. The summed E-state index contributed by atoms with van der Waals surface area (Å²) in [4.78, 5) is -0.542. The van der Waals surface area contributed by atoms with E-state index in [9.17, 15) is 32.3 Å². The summed E-state index contributed by atoms with van der Waals surface area (Å²) in [5.41, 5.74) is -5.41. The van der Waals surface area contributed by atoms with Gasteiger partial charge >= 0.3 is 5.51 Å². The molecule has 0 radical (unpaired) electrons. The van der Waals surface area contributed by atoms with Crippen molar-refractivity contribution in [1.82, 2.24) is 0 Å². The molecule has 0 aliphatic heterocycles. The van der Waals surface area contributed by atoms with Crippen LogP contribution in [0.15, 0.2) is 35.2 Å². The highest BCUT2D eigenvalue weighted by atomic mass is 32.2. The van der Waals surface area contributed by atoms with Crippen LogP contribution in [-0.4, -0.2) is 16.5 Å². The van der Waals surface area contributed by atoms with Crippen molar-refractivity contribution in [1.29, 1.82) is 10.5 Å². The molecule has 1 N–H and O–H groups in total. The van der Waals surface area contributed by atoms with Crippen molar-refractivity contribution in [3.63, 3.8) is 0 Å².